The van der Waals surface area contributed by atoms with E-state index >= 15 is 0 Å². The van der Waals surface area contributed by atoms with Crippen LogP contribution in [0.3, 0.4) is 0 Å². The molecule has 5 heteroatoms. The summed E-state index contributed by atoms with van der Waals surface area (Å²) in [6.45, 7) is 2.52. The van der Waals surface area contributed by atoms with Gasteiger partial charge in [-0.2, -0.15) is 0 Å². The largest absolute Gasteiger partial charge is 0.381 e. The Kier molecular flexibility index (Phi) is 4.36. The molecule has 5 nitrogen and oxygen atoms in total. The number of ether oxygens (including phenoxy) is 1. The topological polar surface area (TPSA) is 54.9 Å². The molecule has 0 spiro atoms. The summed E-state index contributed by atoms with van der Waals surface area (Å²) >= 11 is 0. The number of H-pyrrole nitrogens is 1. The van der Waals surface area contributed by atoms with Crippen molar-refractivity contribution in [2.24, 2.45) is 13.0 Å². The van der Waals surface area contributed by atoms with Gasteiger partial charge in [0, 0.05) is 50.9 Å². The van der Waals surface area contributed by atoms with Gasteiger partial charge in [-0.3, -0.25) is 0 Å². The Hall–Kier alpha value is -2.11. The van der Waals surface area contributed by atoms with E-state index in [0.29, 0.717) is 5.92 Å². The first-order chi connectivity index (χ1) is 11.8. The molecule has 4 rings (SSSR count). The highest BCUT2D eigenvalue weighted by Crippen LogP contribution is 2.30. The lowest BCUT2D eigenvalue weighted by atomic mass is 9.91. The van der Waals surface area contributed by atoms with Crippen molar-refractivity contribution >= 4 is 10.9 Å². The lowest BCUT2D eigenvalue weighted by Gasteiger charge is -2.31. The third kappa shape index (κ3) is 2.97. The number of benzene rings is 1. The number of nitrogens with one attached hydrogen (secondary N) is 2. The SMILES string of the molecule is Cn1ccnc1C(NCc1cccc2cc[nH]c12)C1CCOCC1. The average Bonchev–Trinajstić information content (AvgIpc) is 3.26. The minimum absolute atomic E-state index is 0.249. The van der Waals surface area contributed by atoms with Gasteiger partial charge in [-0.15, -0.1) is 0 Å². The van der Waals surface area contributed by atoms with Crippen LogP contribution in [0.5, 0.6) is 0 Å². The number of aromatic nitrogens is 3. The quantitative estimate of drug-likeness (QED) is 0.758. The van der Waals surface area contributed by atoms with Gasteiger partial charge in [0.25, 0.3) is 0 Å². The van der Waals surface area contributed by atoms with Crippen LogP contribution in [-0.4, -0.2) is 27.7 Å². The van der Waals surface area contributed by atoms with Crippen LogP contribution < -0.4 is 5.32 Å². The number of nitrogens with zero attached hydrogens (tertiary/aromatic N) is 2. The number of para-hydroxylation sites is 1. The lowest BCUT2D eigenvalue weighted by molar-refractivity contribution is 0.0518. The van der Waals surface area contributed by atoms with E-state index < -0.39 is 0 Å². The number of rotatable bonds is 5. The van der Waals surface area contributed by atoms with Crippen molar-refractivity contribution in [3.05, 3.63) is 54.2 Å². The van der Waals surface area contributed by atoms with Crippen LogP contribution in [0.2, 0.25) is 0 Å². The van der Waals surface area contributed by atoms with Gasteiger partial charge in [0.2, 0.25) is 0 Å². The Morgan fingerprint density at radius 3 is 3.00 bits per heavy atom. The van der Waals surface area contributed by atoms with E-state index in [1.54, 1.807) is 0 Å². The first-order valence-corrected chi connectivity index (χ1v) is 8.66. The maximum atomic E-state index is 5.55. The van der Waals surface area contributed by atoms with Crippen LogP contribution >= 0.6 is 0 Å². The van der Waals surface area contributed by atoms with Gasteiger partial charge in [-0.25, -0.2) is 4.98 Å². The fraction of sp³-hybridized carbons (Fsp3) is 0.421. The summed E-state index contributed by atoms with van der Waals surface area (Å²) in [6, 6.07) is 8.82. The van der Waals surface area contributed by atoms with Crippen molar-refractivity contribution in [3.63, 3.8) is 0 Å². The van der Waals surface area contributed by atoms with Crippen molar-refractivity contribution in [3.8, 4) is 0 Å². The highest BCUT2D eigenvalue weighted by Gasteiger charge is 2.27. The predicted molar refractivity (Wildman–Crippen MR) is 94.6 cm³/mol. The van der Waals surface area contributed by atoms with E-state index in [0.717, 1.165) is 38.4 Å². The molecule has 0 aliphatic carbocycles. The fourth-order valence-corrected chi connectivity index (χ4v) is 3.71. The van der Waals surface area contributed by atoms with Crippen LogP contribution in [0.1, 0.15) is 30.3 Å². The molecule has 1 aromatic carbocycles. The Morgan fingerprint density at radius 2 is 2.21 bits per heavy atom. The fourth-order valence-electron chi connectivity index (χ4n) is 3.71. The zero-order chi connectivity index (χ0) is 16.4. The third-order valence-corrected chi connectivity index (χ3v) is 5.06. The van der Waals surface area contributed by atoms with Gasteiger partial charge < -0.3 is 19.6 Å². The maximum Gasteiger partial charge on any atom is 0.125 e. The van der Waals surface area contributed by atoms with E-state index in [9.17, 15) is 0 Å². The van der Waals surface area contributed by atoms with E-state index in [2.05, 4.69) is 51.2 Å². The van der Waals surface area contributed by atoms with Crippen LogP contribution in [0.4, 0.5) is 0 Å². The van der Waals surface area contributed by atoms with E-state index in [1.165, 1.54) is 16.5 Å². The molecule has 2 aromatic heterocycles. The van der Waals surface area contributed by atoms with Gasteiger partial charge in [0.1, 0.15) is 5.82 Å². The molecule has 0 bridgehead atoms. The van der Waals surface area contributed by atoms with Gasteiger partial charge in [-0.1, -0.05) is 18.2 Å². The Labute approximate surface area is 142 Å². The highest BCUT2D eigenvalue weighted by molar-refractivity contribution is 5.82. The average molecular weight is 324 g/mol. The monoisotopic (exact) mass is 324 g/mol. The molecule has 3 heterocycles. The summed E-state index contributed by atoms with van der Waals surface area (Å²) in [4.78, 5) is 7.96. The van der Waals surface area contributed by atoms with Gasteiger partial charge in [-0.05, 0) is 35.8 Å². The zero-order valence-corrected chi connectivity index (χ0v) is 14.0. The molecule has 1 saturated heterocycles. The number of imidazole rings is 1. The van der Waals surface area contributed by atoms with Crippen molar-refractivity contribution in [1.82, 2.24) is 19.9 Å². The molecular weight excluding hydrogens is 300 g/mol. The molecule has 0 amide bonds. The van der Waals surface area contributed by atoms with Crippen LogP contribution in [0.25, 0.3) is 10.9 Å². The lowest BCUT2D eigenvalue weighted by Crippen LogP contribution is -2.33. The number of hydrogen-bond acceptors (Lipinski definition) is 3. The molecule has 0 saturated carbocycles. The second kappa shape index (κ2) is 6.79. The number of fused-ring (bicyclic) bond motifs is 1. The van der Waals surface area contributed by atoms with Crippen molar-refractivity contribution < 1.29 is 4.74 Å². The standard InChI is InChI=1S/C19H24N4O/c1-23-10-9-21-19(23)18(15-6-11-24-12-7-15)22-13-16-4-2-3-14-5-8-20-17(14)16/h2-5,8-10,15,18,20,22H,6-7,11-13H2,1H3. The molecule has 126 valence electrons. The molecule has 0 radical (unpaired) electrons. The normalized spacial score (nSPS) is 17.4. The third-order valence-electron chi connectivity index (χ3n) is 5.06. The molecule has 1 aliphatic heterocycles. The number of hydrogen-bond donors (Lipinski definition) is 2. The molecule has 2 N–H and O–H groups in total. The summed E-state index contributed by atoms with van der Waals surface area (Å²) in [5.74, 6) is 1.67. The predicted octanol–water partition coefficient (Wildman–Crippen LogP) is 3.16. The zero-order valence-electron chi connectivity index (χ0n) is 14.0. The Balaban J connectivity index is 1.57. The Morgan fingerprint density at radius 1 is 1.33 bits per heavy atom. The van der Waals surface area contributed by atoms with Crippen LogP contribution in [-0.2, 0) is 18.3 Å². The maximum absolute atomic E-state index is 5.55. The highest BCUT2D eigenvalue weighted by atomic mass is 16.5. The van der Waals surface area contributed by atoms with Crippen LogP contribution in [0, 0.1) is 5.92 Å². The van der Waals surface area contributed by atoms with Crippen molar-refractivity contribution in [2.45, 2.75) is 25.4 Å². The minimum atomic E-state index is 0.249. The first-order valence-electron chi connectivity index (χ1n) is 8.66. The first kappa shape index (κ1) is 15.4. The number of aromatic amines is 1. The smallest absolute Gasteiger partial charge is 0.125 e. The summed E-state index contributed by atoms with van der Waals surface area (Å²) in [5.41, 5.74) is 2.51. The van der Waals surface area contributed by atoms with E-state index in [1.807, 2.05) is 18.6 Å². The molecule has 3 aromatic rings. The van der Waals surface area contributed by atoms with Gasteiger partial charge in [0.05, 0.1) is 6.04 Å². The molecule has 1 aliphatic rings. The number of aryl methyl sites for hydroxylation is 1. The second-order valence-corrected chi connectivity index (χ2v) is 6.56. The molecular formula is C19H24N4O. The summed E-state index contributed by atoms with van der Waals surface area (Å²) in [5, 5.41) is 5.03. The van der Waals surface area contributed by atoms with Crippen molar-refractivity contribution in [1.29, 1.82) is 0 Å². The molecule has 24 heavy (non-hydrogen) atoms. The Bertz CT molecular complexity index is 800. The van der Waals surface area contributed by atoms with E-state index in [-0.39, 0.29) is 6.04 Å². The van der Waals surface area contributed by atoms with Crippen molar-refractivity contribution in [2.75, 3.05) is 13.2 Å². The molecule has 1 atom stereocenters. The van der Waals surface area contributed by atoms with Gasteiger partial charge in [0.15, 0.2) is 0 Å². The van der Waals surface area contributed by atoms with E-state index in [4.69, 9.17) is 4.74 Å². The molecule has 1 fully saturated rings. The second-order valence-electron chi connectivity index (χ2n) is 6.56. The summed E-state index contributed by atoms with van der Waals surface area (Å²) < 4.78 is 7.67. The van der Waals surface area contributed by atoms with Crippen LogP contribution in [0.15, 0.2) is 42.9 Å². The summed E-state index contributed by atoms with van der Waals surface area (Å²) in [7, 11) is 2.07. The summed E-state index contributed by atoms with van der Waals surface area (Å²) in [6.07, 6.45) is 8.07. The van der Waals surface area contributed by atoms with Gasteiger partial charge >= 0.3 is 0 Å². The molecule has 1 unspecified atom stereocenters. The minimum Gasteiger partial charge on any atom is -0.381 e.